The van der Waals surface area contributed by atoms with Crippen LogP contribution in [0.5, 0.6) is 0 Å². The summed E-state index contributed by atoms with van der Waals surface area (Å²) in [6, 6.07) is 8.19. The molecule has 3 nitrogen and oxygen atoms in total. The lowest BCUT2D eigenvalue weighted by Crippen LogP contribution is -2.13. The number of hydrogen-bond donors (Lipinski definition) is 1. The number of rotatable bonds is 6. The lowest BCUT2D eigenvalue weighted by Gasteiger charge is -2.16. The topological polar surface area (TPSA) is 46.5 Å². The predicted octanol–water partition coefficient (Wildman–Crippen LogP) is 2.96. The largest absolute Gasteiger partial charge is 0.480 e. The molecule has 1 aliphatic rings. The minimum absolute atomic E-state index is 0.0537. The van der Waals surface area contributed by atoms with E-state index >= 15 is 0 Å². The van der Waals surface area contributed by atoms with Gasteiger partial charge in [-0.2, -0.15) is 0 Å². The molecule has 1 fully saturated rings. The summed E-state index contributed by atoms with van der Waals surface area (Å²) in [5, 5.41) is 8.67. The summed E-state index contributed by atoms with van der Waals surface area (Å²) in [5.41, 5.74) is 1.09. The Bertz CT molecular complexity index is 384. The normalized spacial score (nSPS) is 16.8. The average Bonchev–Trinajstić information content (AvgIpc) is 3.14. The second-order valence-corrected chi connectivity index (χ2v) is 5.12. The van der Waals surface area contributed by atoms with Crippen molar-refractivity contribution in [3.05, 3.63) is 29.8 Å². The van der Waals surface area contributed by atoms with Gasteiger partial charge in [-0.25, -0.2) is 4.79 Å². The van der Waals surface area contributed by atoms with E-state index in [1.54, 1.807) is 11.8 Å². The van der Waals surface area contributed by atoms with E-state index in [2.05, 4.69) is 12.1 Å². The molecule has 1 unspecified atom stereocenters. The van der Waals surface area contributed by atoms with Crippen LogP contribution in [-0.2, 0) is 9.53 Å². The molecule has 1 aromatic carbocycles. The van der Waals surface area contributed by atoms with Gasteiger partial charge in [-0.05, 0) is 42.7 Å². The lowest BCUT2D eigenvalue weighted by molar-refractivity contribution is -0.145. The first-order valence-corrected chi connectivity index (χ1v) is 6.90. The molecule has 1 N–H and O–H groups in total. The number of hydrogen-bond acceptors (Lipinski definition) is 3. The fourth-order valence-corrected chi connectivity index (χ4v) is 2.27. The number of carboxylic acid groups (broad SMARTS) is 1. The van der Waals surface area contributed by atoms with Gasteiger partial charge in [0.2, 0.25) is 0 Å². The highest BCUT2D eigenvalue weighted by Crippen LogP contribution is 2.43. The number of thioether (sulfide) groups is 1. The molecule has 0 bridgehead atoms. The third-order valence-corrected chi connectivity index (χ3v) is 3.62. The third-order valence-electron chi connectivity index (χ3n) is 2.88. The molecule has 92 valence electrons. The minimum Gasteiger partial charge on any atom is -0.480 e. The quantitative estimate of drug-likeness (QED) is 0.791. The molecule has 0 aromatic heterocycles. The van der Waals surface area contributed by atoms with Crippen LogP contribution in [0.2, 0.25) is 0 Å². The standard InChI is InChI=1S/C13H16O3S/c1-17-11-6-4-10(5-7-11)13(9-2-3-9)16-8-12(14)15/h4-7,9,13H,2-3,8H2,1H3,(H,14,15). The van der Waals surface area contributed by atoms with Crippen LogP contribution in [0, 0.1) is 5.92 Å². The third kappa shape index (κ3) is 3.48. The van der Waals surface area contributed by atoms with Crippen LogP contribution in [0.15, 0.2) is 29.2 Å². The van der Waals surface area contributed by atoms with Crippen molar-refractivity contribution in [3.63, 3.8) is 0 Å². The lowest BCUT2D eigenvalue weighted by atomic mass is 10.1. The number of benzene rings is 1. The number of aliphatic carboxylic acids is 1. The van der Waals surface area contributed by atoms with Crippen LogP contribution in [0.4, 0.5) is 0 Å². The van der Waals surface area contributed by atoms with E-state index in [-0.39, 0.29) is 12.7 Å². The smallest absolute Gasteiger partial charge is 0.329 e. The van der Waals surface area contributed by atoms with Crippen molar-refractivity contribution in [1.29, 1.82) is 0 Å². The summed E-state index contributed by atoms with van der Waals surface area (Å²) in [5.74, 6) is -0.411. The first kappa shape index (κ1) is 12.5. The molecule has 0 aliphatic heterocycles. The van der Waals surface area contributed by atoms with Gasteiger partial charge in [0, 0.05) is 4.90 Å². The second kappa shape index (κ2) is 5.56. The van der Waals surface area contributed by atoms with Crippen LogP contribution in [0.1, 0.15) is 24.5 Å². The molecular weight excluding hydrogens is 236 g/mol. The Kier molecular flexibility index (Phi) is 4.07. The fraction of sp³-hybridized carbons (Fsp3) is 0.462. The van der Waals surface area contributed by atoms with Crippen LogP contribution >= 0.6 is 11.8 Å². The van der Waals surface area contributed by atoms with E-state index in [0.29, 0.717) is 5.92 Å². The first-order valence-electron chi connectivity index (χ1n) is 5.68. The van der Waals surface area contributed by atoms with E-state index in [0.717, 1.165) is 18.4 Å². The van der Waals surface area contributed by atoms with Crippen LogP contribution in [0.25, 0.3) is 0 Å². The Morgan fingerprint density at radius 1 is 1.47 bits per heavy atom. The zero-order valence-electron chi connectivity index (χ0n) is 9.76. The Morgan fingerprint density at radius 2 is 2.12 bits per heavy atom. The van der Waals surface area contributed by atoms with Crippen molar-refractivity contribution >= 4 is 17.7 Å². The van der Waals surface area contributed by atoms with Crippen molar-refractivity contribution in [1.82, 2.24) is 0 Å². The van der Waals surface area contributed by atoms with Gasteiger partial charge in [0.05, 0.1) is 6.10 Å². The van der Waals surface area contributed by atoms with E-state index in [4.69, 9.17) is 9.84 Å². The first-order chi connectivity index (χ1) is 8.20. The SMILES string of the molecule is CSc1ccc(C(OCC(=O)O)C2CC2)cc1. The Balaban J connectivity index is 2.05. The van der Waals surface area contributed by atoms with Crippen LogP contribution in [0.3, 0.4) is 0 Å². The van der Waals surface area contributed by atoms with Gasteiger partial charge in [-0.1, -0.05) is 12.1 Å². The monoisotopic (exact) mass is 252 g/mol. The molecule has 1 atom stereocenters. The highest BCUT2D eigenvalue weighted by atomic mass is 32.2. The molecule has 2 rings (SSSR count). The molecule has 1 aromatic rings. The molecule has 0 heterocycles. The summed E-state index contributed by atoms with van der Waals surface area (Å²) in [6.07, 6.45) is 4.25. The molecule has 0 saturated heterocycles. The second-order valence-electron chi connectivity index (χ2n) is 4.24. The summed E-state index contributed by atoms with van der Waals surface area (Å²) in [4.78, 5) is 11.8. The van der Waals surface area contributed by atoms with Crippen molar-refractivity contribution in [2.45, 2.75) is 23.8 Å². The zero-order valence-corrected chi connectivity index (χ0v) is 10.6. The summed E-state index contributed by atoms with van der Waals surface area (Å²) in [7, 11) is 0. The maximum Gasteiger partial charge on any atom is 0.329 e. The highest BCUT2D eigenvalue weighted by molar-refractivity contribution is 7.98. The van der Waals surface area contributed by atoms with Crippen molar-refractivity contribution in [3.8, 4) is 0 Å². The van der Waals surface area contributed by atoms with Crippen molar-refractivity contribution in [2.24, 2.45) is 5.92 Å². The summed E-state index contributed by atoms with van der Waals surface area (Å²) < 4.78 is 5.48. The molecule has 0 radical (unpaired) electrons. The minimum atomic E-state index is -0.906. The molecule has 0 spiro atoms. The Morgan fingerprint density at radius 3 is 2.59 bits per heavy atom. The highest BCUT2D eigenvalue weighted by Gasteiger charge is 2.33. The Labute approximate surface area is 105 Å². The van der Waals surface area contributed by atoms with Gasteiger partial charge in [-0.15, -0.1) is 11.8 Å². The zero-order chi connectivity index (χ0) is 12.3. The van der Waals surface area contributed by atoms with Gasteiger partial charge in [-0.3, -0.25) is 0 Å². The maximum absolute atomic E-state index is 10.6. The molecule has 1 saturated carbocycles. The number of ether oxygens (including phenoxy) is 1. The predicted molar refractivity (Wildman–Crippen MR) is 67.3 cm³/mol. The van der Waals surface area contributed by atoms with E-state index in [9.17, 15) is 4.79 Å². The van der Waals surface area contributed by atoms with Crippen molar-refractivity contribution < 1.29 is 14.6 Å². The molecule has 0 amide bonds. The molecule has 4 heteroatoms. The fourth-order valence-electron chi connectivity index (χ4n) is 1.86. The molecule has 17 heavy (non-hydrogen) atoms. The molecular formula is C13H16O3S. The molecule has 1 aliphatic carbocycles. The number of carbonyl (C=O) groups is 1. The van der Waals surface area contributed by atoms with Gasteiger partial charge < -0.3 is 9.84 Å². The van der Waals surface area contributed by atoms with Gasteiger partial charge >= 0.3 is 5.97 Å². The summed E-state index contributed by atoms with van der Waals surface area (Å²) in [6.45, 7) is -0.217. The number of carboxylic acids is 1. The van der Waals surface area contributed by atoms with Crippen LogP contribution < -0.4 is 0 Å². The van der Waals surface area contributed by atoms with E-state index in [1.807, 2.05) is 18.4 Å². The van der Waals surface area contributed by atoms with Gasteiger partial charge in [0.1, 0.15) is 6.61 Å². The summed E-state index contributed by atoms with van der Waals surface area (Å²) >= 11 is 1.70. The van der Waals surface area contributed by atoms with Crippen LogP contribution in [-0.4, -0.2) is 23.9 Å². The Hall–Kier alpha value is -1.00. The van der Waals surface area contributed by atoms with Crippen molar-refractivity contribution in [2.75, 3.05) is 12.9 Å². The van der Waals surface area contributed by atoms with Gasteiger partial charge in [0.15, 0.2) is 0 Å². The average molecular weight is 252 g/mol. The maximum atomic E-state index is 10.6. The van der Waals surface area contributed by atoms with Gasteiger partial charge in [0.25, 0.3) is 0 Å². The van der Waals surface area contributed by atoms with E-state index < -0.39 is 5.97 Å². The van der Waals surface area contributed by atoms with E-state index in [1.165, 1.54) is 4.90 Å².